The first kappa shape index (κ1) is 22.1. The fraction of sp³-hybridized carbons (Fsp3) is 0.364. The normalized spacial score (nSPS) is 15.0. The smallest absolute Gasteiger partial charge is 0.337 e. The zero-order valence-electron chi connectivity index (χ0n) is 16.8. The Labute approximate surface area is 183 Å². The van der Waals surface area contributed by atoms with Gasteiger partial charge in [-0.25, -0.2) is 14.2 Å². The van der Waals surface area contributed by atoms with E-state index in [0.717, 1.165) is 30.2 Å². The molecule has 1 aliphatic carbocycles. The van der Waals surface area contributed by atoms with Gasteiger partial charge in [-0.1, -0.05) is 35.2 Å². The molecule has 0 amide bonds. The number of carbonyl (C=O) groups is 1. The lowest BCUT2D eigenvalue weighted by atomic mass is 9.96. The van der Waals surface area contributed by atoms with Crippen LogP contribution in [0.4, 0.5) is 10.1 Å². The van der Waals surface area contributed by atoms with Crippen LogP contribution in [0, 0.1) is 5.82 Å². The van der Waals surface area contributed by atoms with Gasteiger partial charge in [-0.15, -0.1) is 0 Å². The first-order valence-corrected chi connectivity index (χ1v) is 10.7. The molecule has 0 aromatic heterocycles. The maximum Gasteiger partial charge on any atom is 0.337 e. The summed E-state index contributed by atoms with van der Waals surface area (Å²) in [5.41, 5.74) is 1.06. The number of hydrogen-bond donors (Lipinski definition) is 3. The summed E-state index contributed by atoms with van der Waals surface area (Å²) in [6.07, 6.45) is 5.51. The number of aromatic hydroxyl groups is 1. The van der Waals surface area contributed by atoms with Crippen molar-refractivity contribution in [1.82, 2.24) is 5.32 Å². The zero-order valence-corrected chi connectivity index (χ0v) is 18.3. The number of aliphatic imine (C=N–C) groups is 1. The van der Waals surface area contributed by atoms with Gasteiger partial charge < -0.3 is 20.5 Å². The Morgan fingerprint density at radius 2 is 2.00 bits per heavy atom. The summed E-state index contributed by atoms with van der Waals surface area (Å²) in [7, 11) is 1.30. The molecule has 0 radical (unpaired) electrons. The fourth-order valence-corrected chi connectivity index (χ4v) is 3.81. The standard InChI is InChI=1S/C22H25BrFN3O3/c1-30-21(29)14-7-10-20(28)19(12-14)27-22(26-17-5-3-2-4-6-17)25-13-15-11-16(23)8-9-18(15)24/h7-12,17,28H,2-6,13H2,1H3,(H2,25,26,27). The summed E-state index contributed by atoms with van der Waals surface area (Å²) in [6.45, 7) is 0.116. The second-order valence-corrected chi connectivity index (χ2v) is 8.14. The molecule has 0 atom stereocenters. The van der Waals surface area contributed by atoms with Gasteiger partial charge in [-0.2, -0.15) is 0 Å². The summed E-state index contributed by atoms with van der Waals surface area (Å²) in [6, 6.07) is 9.35. The third-order valence-electron chi connectivity index (χ3n) is 5.03. The number of ether oxygens (including phenoxy) is 1. The Morgan fingerprint density at radius 1 is 1.23 bits per heavy atom. The fourth-order valence-electron chi connectivity index (χ4n) is 3.40. The second-order valence-electron chi connectivity index (χ2n) is 7.23. The van der Waals surface area contributed by atoms with Gasteiger partial charge in [0.05, 0.1) is 24.9 Å². The van der Waals surface area contributed by atoms with E-state index in [-0.39, 0.29) is 24.2 Å². The van der Waals surface area contributed by atoms with Crippen molar-refractivity contribution in [3.63, 3.8) is 0 Å². The Bertz CT molecular complexity index is 930. The Kier molecular flexibility index (Phi) is 7.68. The van der Waals surface area contributed by atoms with Crippen molar-refractivity contribution < 1.29 is 19.0 Å². The monoisotopic (exact) mass is 477 g/mol. The van der Waals surface area contributed by atoms with Crippen LogP contribution in [0.5, 0.6) is 5.75 Å². The highest BCUT2D eigenvalue weighted by molar-refractivity contribution is 9.10. The first-order valence-electron chi connectivity index (χ1n) is 9.89. The summed E-state index contributed by atoms with van der Waals surface area (Å²) in [4.78, 5) is 16.4. The molecule has 0 spiro atoms. The van der Waals surface area contributed by atoms with Crippen molar-refractivity contribution in [2.75, 3.05) is 12.4 Å². The topological polar surface area (TPSA) is 83.0 Å². The number of halogens is 2. The SMILES string of the molecule is COC(=O)c1ccc(O)c(NC(=NCc2cc(Br)ccc2F)NC2CCCCC2)c1. The van der Waals surface area contributed by atoms with Crippen molar-refractivity contribution in [2.45, 2.75) is 44.7 Å². The number of nitrogens with one attached hydrogen (secondary N) is 2. The van der Waals surface area contributed by atoms with E-state index in [4.69, 9.17) is 4.74 Å². The van der Waals surface area contributed by atoms with E-state index in [1.807, 2.05) is 0 Å². The number of phenols is 1. The molecule has 1 aliphatic rings. The minimum absolute atomic E-state index is 0.0329. The van der Waals surface area contributed by atoms with E-state index >= 15 is 0 Å². The second kappa shape index (κ2) is 10.4. The van der Waals surface area contributed by atoms with Crippen molar-refractivity contribution >= 4 is 33.5 Å². The number of benzene rings is 2. The lowest BCUT2D eigenvalue weighted by Gasteiger charge is -2.25. The Balaban J connectivity index is 1.85. The molecule has 2 aromatic rings. The molecule has 8 heteroatoms. The lowest BCUT2D eigenvalue weighted by Crippen LogP contribution is -2.40. The van der Waals surface area contributed by atoms with Gasteiger partial charge in [0.2, 0.25) is 0 Å². The van der Waals surface area contributed by atoms with E-state index in [0.29, 0.717) is 22.8 Å². The first-order chi connectivity index (χ1) is 14.5. The minimum atomic E-state index is -0.506. The molecular weight excluding hydrogens is 453 g/mol. The molecule has 0 saturated heterocycles. The summed E-state index contributed by atoms with van der Waals surface area (Å²) in [5, 5.41) is 16.7. The number of esters is 1. The van der Waals surface area contributed by atoms with E-state index in [1.165, 1.54) is 37.8 Å². The van der Waals surface area contributed by atoms with Crippen LogP contribution in [0.2, 0.25) is 0 Å². The average molecular weight is 478 g/mol. The molecule has 1 fully saturated rings. The van der Waals surface area contributed by atoms with Crippen LogP contribution in [0.3, 0.4) is 0 Å². The molecule has 160 valence electrons. The number of phenolic OH excluding ortho intramolecular Hbond substituents is 1. The van der Waals surface area contributed by atoms with Gasteiger partial charge >= 0.3 is 5.97 Å². The molecule has 2 aromatic carbocycles. The summed E-state index contributed by atoms with van der Waals surface area (Å²) < 4.78 is 19.6. The van der Waals surface area contributed by atoms with Gasteiger partial charge in [0.15, 0.2) is 5.96 Å². The molecule has 1 saturated carbocycles. The summed E-state index contributed by atoms with van der Waals surface area (Å²) >= 11 is 3.35. The largest absolute Gasteiger partial charge is 0.506 e. The van der Waals surface area contributed by atoms with Crippen molar-refractivity contribution in [1.29, 1.82) is 0 Å². The van der Waals surface area contributed by atoms with E-state index in [1.54, 1.807) is 12.1 Å². The number of methoxy groups -OCH3 is 1. The van der Waals surface area contributed by atoms with E-state index < -0.39 is 5.97 Å². The molecular formula is C22H25BrFN3O3. The van der Waals surface area contributed by atoms with Gasteiger partial charge in [-0.05, 0) is 49.2 Å². The Hall–Kier alpha value is -2.61. The highest BCUT2D eigenvalue weighted by Crippen LogP contribution is 2.25. The molecule has 0 heterocycles. The quantitative estimate of drug-likeness (QED) is 0.245. The van der Waals surface area contributed by atoms with E-state index in [9.17, 15) is 14.3 Å². The van der Waals surface area contributed by atoms with E-state index in [2.05, 4.69) is 31.6 Å². The van der Waals surface area contributed by atoms with Gasteiger partial charge in [-0.3, -0.25) is 0 Å². The number of rotatable bonds is 5. The van der Waals surface area contributed by atoms with Crippen LogP contribution in [-0.4, -0.2) is 30.2 Å². The van der Waals surface area contributed by atoms with Crippen LogP contribution >= 0.6 is 15.9 Å². The molecule has 30 heavy (non-hydrogen) atoms. The van der Waals surface area contributed by atoms with Crippen LogP contribution < -0.4 is 10.6 Å². The zero-order chi connectivity index (χ0) is 21.5. The predicted octanol–water partition coefficient (Wildman–Crippen LogP) is 4.97. The Morgan fingerprint density at radius 3 is 2.73 bits per heavy atom. The van der Waals surface area contributed by atoms with Crippen molar-refractivity contribution in [2.24, 2.45) is 4.99 Å². The minimum Gasteiger partial charge on any atom is -0.506 e. The highest BCUT2D eigenvalue weighted by atomic mass is 79.9. The molecule has 6 nitrogen and oxygen atoms in total. The number of hydrogen-bond acceptors (Lipinski definition) is 4. The van der Waals surface area contributed by atoms with Crippen LogP contribution in [0.15, 0.2) is 45.9 Å². The predicted molar refractivity (Wildman–Crippen MR) is 118 cm³/mol. The van der Waals surface area contributed by atoms with Gasteiger partial charge in [0.25, 0.3) is 0 Å². The number of carbonyl (C=O) groups excluding carboxylic acids is 1. The molecule has 0 aliphatic heterocycles. The van der Waals surface area contributed by atoms with Gasteiger partial charge in [0, 0.05) is 16.1 Å². The average Bonchev–Trinajstić information content (AvgIpc) is 2.75. The van der Waals surface area contributed by atoms with Crippen LogP contribution in [-0.2, 0) is 11.3 Å². The third-order valence-corrected chi connectivity index (χ3v) is 5.53. The number of anilines is 1. The van der Waals surface area contributed by atoms with Crippen LogP contribution in [0.1, 0.15) is 48.0 Å². The molecule has 3 N–H and O–H groups in total. The number of guanidine groups is 1. The summed E-state index contributed by atoms with van der Waals surface area (Å²) in [5.74, 6) is -0.462. The molecule has 3 rings (SSSR count). The van der Waals surface area contributed by atoms with Crippen molar-refractivity contribution in [3.05, 3.63) is 57.8 Å². The highest BCUT2D eigenvalue weighted by Gasteiger charge is 2.17. The van der Waals surface area contributed by atoms with Gasteiger partial charge in [0.1, 0.15) is 11.6 Å². The maximum atomic E-state index is 14.1. The third kappa shape index (κ3) is 5.95. The van der Waals surface area contributed by atoms with Crippen LogP contribution in [0.25, 0.3) is 0 Å². The number of nitrogens with zero attached hydrogens (tertiary/aromatic N) is 1. The maximum absolute atomic E-state index is 14.1. The molecule has 0 bridgehead atoms. The molecule has 0 unspecified atom stereocenters. The lowest BCUT2D eigenvalue weighted by molar-refractivity contribution is 0.0601. The van der Waals surface area contributed by atoms with Crippen molar-refractivity contribution in [3.8, 4) is 5.75 Å².